The number of benzene rings is 6. The Morgan fingerprint density at radius 1 is 0.460 bits per heavy atom. The van der Waals surface area contributed by atoms with Crippen molar-refractivity contribution >= 4 is 23.8 Å². The van der Waals surface area contributed by atoms with Gasteiger partial charge in [-0.1, -0.05) is 146 Å². The number of methoxy groups -OCH3 is 1. The van der Waals surface area contributed by atoms with Gasteiger partial charge in [0.25, 0.3) is 0 Å². The van der Waals surface area contributed by atoms with Crippen molar-refractivity contribution in [1.82, 2.24) is 10.6 Å². The Morgan fingerprint density at radius 3 is 1.16 bits per heavy atom. The van der Waals surface area contributed by atoms with Crippen LogP contribution in [0.1, 0.15) is 59.1 Å². The quantitative estimate of drug-likeness (QED) is 0.0576. The third-order valence-electron chi connectivity index (χ3n) is 10.1. The fraction of sp³-hybridized carbons (Fsp3) is 0.245. The maximum Gasteiger partial charge on any atom is 0.305 e. The first-order valence-corrected chi connectivity index (χ1v) is 21.2. The van der Waals surface area contributed by atoms with Gasteiger partial charge in [0.1, 0.15) is 24.7 Å². The molecule has 0 aromatic heterocycles. The van der Waals surface area contributed by atoms with Gasteiger partial charge in [-0.05, 0) is 83.3 Å². The van der Waals surface area contributed by atoms with Crippen LogP contribution in [0.3, 0.4) is 0 Å². The SMILES string of the molecule is COC(=O)CC[C@H](Cc1ccc(OCc2ccccc2)cc1)NC(=O)Cc1ccccc1.O=C(O)CC[C@H](Cc1ccc(OCc2ccccc2)cc1)NC(=O)Cc1ccccc1. The molecule has 0 unspecified atom stereocenters. The monoisotopic (exact) mass is 848 g/mol. The molecule has 0 spiro atoms. The molecule has 0 bridgehead atoms. The second kappa shape index (κ2) is 26.2. The number of rotatable bonds is 22. The van der Waals surface area contributed by atoms with Gasteiger partial charge in [-0.3, -0.25) is 19.2 Å². The van der Waals surface area contributed by atoms with Crippen LogP contribution in [-0.4, -0.2) is 48.1 Å². The van der Waals surface area contributed by atoms with E-state index in [1.165, 1.54) is 7.11 Å². The van der Waals surface area contributed by atoms with Crippen molar-refractivity contribution in [3.63, 3.8) is 0 Å². The molecule has 3 N–H and O–H groups in total. The smallest absolute Gasteiger partial charge is 0.305 e. The number of aliphatic carboxylic acids is 1. The Hall–Kier alpha value is -7.20. The molecule has 0 saturated carbocycles. The minimum Gasteiger partial charge on any atom is -0.489 e. The van der Waals surface area contributed by atoms with Crippen LogP contribution in [0.15, 0.2) is 170 Å². The van der Waals surface area contributed by atoms with Crippen molar-refractivity contribution in [3.05, 3.63) is 203 Å². The second-order valence-corrected chi connectivity index (χ2v) is 15.1. The molecule has 0 radical (unpaired) electrons. The Labute approximate surface area is 370 Å². The van der Waals surface area contributed by atoms with E-state index in [0.717, 1.165) is 44.9 Å². The van der Waals surface area contributed by atoms with Gasteiger partial charge in [-0.25, -0.2) is 0 Å². The van der Waals surface area contributed by atoms with Gasteiger partial charge in [-0.15, -0.1) is 0 Å². The first-order valence-electron chi connectivity index (χ1n) is 21.2. The molecule has 0 fully saturated rings. The average Bonchev–Trinajstić information content (AvgIpc) is 3.31. The van der Waals surface area contributed by atoms with Gasteiger partial charge in [0, 0.05) is 24.9 Å². The molecule has 6 aromatic carbocycles. The average molecular weight is 849 g/mol. The Balaban J connectivity index is 0.000000238. The summed E-state index contributed by atoms with van der Waals surface area (Å²) in [6.07, 6.45) is 2.92. The molecule has 326 valence electrons. The minimum absolute atomic E-state index is 0.00849. The lowest BCUT2D eigenvalue weighted by molar-refractivity contribution is -0.141. The number of nitrogens with one attached hydrogen (secondary N) is 2. The van der Waals surface area contributed by atoms with E-state index in [4.69, 9.17) is 19.3 Å². The van der Waals surface area contributed by atoms with Crippen molar-refractivity contribution in [1.29, 1.82) is 0 Å². The molecule has 10 nitrogen and oxygen atoms in total. The summed E-state index contributed by atoms with van der Waals surface area (Å²) in [5.41, 5.74) is 6.17. The number of amides is 2. The van der Waals surface area contributed by atoms with Crippen molar-refractivity contribution in [2.45, 2.75) is 76.7 Å². The Kier molecular flexibility index (Phi) is 19.5. The molecule has 2 atom stereocenters. The second-order valence-electron chi connectivity index (χ2n) is 15.1. The predicted octanol–water partition coefficient (Wildman–Crippen LogP) is 8.89. The van der Waals surface area contributed by atoms with Crippen LogP contribution in [0.4, 0.5) is 0 Å². The van der Waals surface area contributed by atoms with Crippen LogP contribution in [0.5, 0.6) is 11.5 Å². The first kappa shape index (κ1) is 46.9. The molecular weight excluding hydrogens is 793 g/mol. The number of carbonyl (C=O) groups excluding carboxylic acids is 3. The third-order valence-corrected chi connectivity index (χ3v) is 10.1. The van der Waals surface area contributed by atoms with E-state index in [9.17, 15) is 19.2 Å². The van der Waals surface area contributed by atoms with Crippen molar-refractivity contribution in [2.75, 3.05) is 7.11 Å². The lowest BCUT2D eigenvalue weighted by Gasteiger charge is -2.19. The maximum atomic E-state index is 12.6. The summed E-state index contributed by atoms with van der Waals surface area (Å²) >= 11 is 0. The van der Waals surface area contributed by atoms with E-state index < -0.39 is 5.97 Å². The summed E-state index contributed by atoms with van der Waals surface area (Å²) in [5.74, 6) is 0.238. The number of hydrogen-bond acceptors (Lipinski definition) is 7. The molecule has 6 rings (SSSR count). The zero-order valence-corrected chi connectivity index (χ0v) is 35.7. The summed E-state index contributed by atoms with van der Waals surface area (Å²) in [6.45, 7) is 1.01. The van der Waals surface area contributed by atoms with Gasteiger partial charge in [0.15, 0.2) is 0 Å². The van der Waals surface area contributed by atoms with Crippen molar-refractivity contribution in [3.8, 4) is 11.5 Å². The van der Waals surface area contributed by atoms with Gasteiger partial charge >= 0.3 is 11.9 Å². The van der Waals surface area contributed by atoms with E-state index >= 15 is 0 Å². The molecule has 0 heterocycles. The van der Waals surface area contributed by atoms with Crippen molar-refractivity contribution < 1.29 is 38.5 Å². The molecule has 0 aliphatic rings. The number of carbonyl (C=O) groups is 4. The van der Waals surface area contributed by atoms with E-state index in [2.05, 4.69) is 10.6 Å². The summed E-state index contributed by atoms with van der Waals surface area (Å²) < 4.78 is 16.4. The van der Waals surface area contributed by atoms with E-state index in [1.54, 1.807) is 0 Å². The molecule has 0 saturated heterocycles. The Bertz CT molecular complexity index is 2250. The van der Waals surface area contributed by atoms with Crippen molar-refractivity contribution in [2.24, 2.45) is 0 Å². The topological polar surface area (TPSA) is 140 Å². The van der Waals surface area contributed by atoms with E-state index in [0.29, 0.717) is 45.3 Å². The molecule has 2 amide bonds. The fourth-order valence-corrected chi connectivity index (χ4v) is 6.76. The van der Waals surface area contributed by atoms with Crippen LogP contribution < -0.4 is 20.1 Å². The first-order chi connectivity index (χ1) is 30.7. The molecule has 0 aliphatic carbocycles. The molecule has 10 heteroatoms. The molecular formula is C53H56N2O8. The Morgan fingerprint density at radius 2 is 0.810 bits per heavy atom. The van der Waals surface area contributed by atoms with Gasteiger partial charge in [-0.2, -0.15) is 0 Å². The zero-order chi connectivity index (χ0) is 44.5. The van der Waals surface area contributed by atoms with Crippen LogP contribution >= 0.6 is 0 Å². The van der Waals surface area contributed by atoms with Crippen LogP contribution in [-0.2, 0) is 62.8 Å². The molecule has 0 aliphatic heterocycles. The summed E-state index contributed by atoms with van der Waals surface area (Å²) in [6, 6.07) is 54.2. The van der Waals surface area contributed by atoms with Crippen LogP contribution in [0.2, 0.25) is 0 Å². The summed E-state index contributed by atoms with van der Waals surface area (Å²) in [7, 11) is 1.37. The highest BCUT2D eigenvalue weighted by molar-refractivity contribution is 5.79. The predicted molar refractivity (Wildman–Crippen MR) is 244 cm³/mol. The number of ether oxygens (including phenoxy) is 3. The van der Waals surface area contributed by atoms with Crippen LogP contribution in [0, 0.1) is 0 Å². The fourth-order valence-electron chi connectivity index (χ4n) is 6.76. The van der Waals surface area contributed by atoms with E-state index in [1.807, 2.05) is 170 Å². The normalized spacial score (nSPS) is 11.4. The molecule has 63 heavy (non-hydrogen) atoms. The largest absolute Gasteiger partial charge is 0.489 e. The summed E-state index contributed by atoms with van der Waals surface area (Å²) in [4.78, 5) is 47.7. The minimum atomic E-state index is -0.869. The van der Waals surface area contributed by atoms with Gasteiger partial charge in [0.05, 0.1) is 20.0 Å². The number of carboxylic acids is 1. The standard InChI is InChI=1S/C27H29NO4.C26H27NO4/c1-31-27(30)17-14-24(28-26(29)19-21-8-4-2-5-9-21)18-22-12-15-25(16-13-22)32-20-23-10-6-3-7-11-23;28-25(18-20-7-3-1-4-8-20)27-23(13-16-26(29)30)17-21-11-14-24(15-12-21)31-19-22-9-5-2-6-10-22/h2-13,15-16,24H,14,17-20H2,1H3,(H,28,29);1-12,14-15,23H,13,16-19H2,(H,27,28)(H,29,30)/t24-;23-/m11/s1. The van der Waals surface area contributed by atoms with Gasteiger partial charge < -0.3 is 30.0 Å². The lowest BCUT2D eigenvalue weighted by atomic mass is 10.0. The third kappa shape index (κ3) is 18.5. The molecule has 6 aromatic rings. The van der Waals surface area contributed by atoms with Crippen LogP contribution in [0.25, 0.3) is 0 Å². The van der Waals surface area contributed by atoms with Gasteiger partial charge in [0.2, 0.25) is 11.8 Å². The van der Waals surface area contributed by atoms with E-state index in [-0.39, 0.29) is 49.1 Å². The number of esters is 1. The maximum absolute atomic E-state index is 12.6. The number of hydrogen-bond donors (Lipinski definition) is 3. The lowest BCUT2D eigenvalue weighted by Crippen LogP contribution is -2.37. The highest BCUT2D eigenvalue weighted by atomic mass is 16.5. The zero-order valence-electron chi connectivity index (χ0n) is 35.7. The highest BCUT2D eigenvalue weighted by Gasteiger charge is 2.17. The highest BCUT2D eigenvalue weighted by Crippen LogP contribution is 2.19. The number of carboxylic acid groups (broad SMARTS) is 1. The summed E-state index contributed by atoms with van der Waals surface area (Å²) in [5, 5.41) is 15.1.